The molecule has 1 fully saturated rings. The molecule has 1 N–H and O–H groups in total. The van der Waals surface area contributed by atoms with Gasteiger partial charge >= 0.3 is 0 Å². The molecular weight excluding hydrogens is 412 g/mol. The van der Waals surface area contributed by atoms with Crippen molar-refractivity contribution in [3.8, 4) is 0 Å². The van der Waals surface area contributed by atoms with Crippen molar-refractivity contribution in [3.63, 3.8) is 0 Å². The van der Waals surface area contributed by atoms with Crippen molar-refractivity contribution in [2.24, 2.45) is 0 Å². The van der Waals surface area contributed by atoms with Crippen LogP contribution in [0.4, 0.5) is 0 Å². The fourth-order valence-electron chi connectivity index (χ4n) is 4.45. The molecule has 0 saturated carbocycles. The first-order valence-corrected chi connectivity index (χ1v) is 11.3. The number of benzene rings is 2. The van der Waals surface area contributed by atoms with E-state index >= 15 is 0 Å². The second kappa shape index (κ2) is 10.4. The topological polar surface area (TPSA) is 65.5 Å². The Balaban J connectivity index is 1.54. The quantitative estimate of drug-likeness (QED) is 0.611. The van der Waals surface area contributed by atoms with Crippen molar-refractivity contribution in [1.82, 2.24) is 20.1 Å². The van der Waals surface area contributed by atoms with Crippen LogP contribution in [0.25, 0.3) is 0 Å². The predicted octanol–water partition coefficient (Wildman–Crippen LogP) is 3.13. The van der Waals surface area contributed by atoms with Gasteiger partial charge in [-0.2, -0.15) is 0 Å². The van der Waals surface area contributed by atoms with E-state index in [0.29, 0.717) is 26.1 Å². The third-order valence-electron chi connectivity index (χ3n) is 6.08. The highest BCUT2D eigenvalue weighted by Gasteiger charge is 2.40. The molecular formula is C27H30N4O2. The molecule has 1 aliphatic heterocycles. The smallest absolute Gasteiger partial charge is 0.244 e. The van der Waals surface area contributed by atoms with Crippen molar-refractivity contribution in [2.75, 3.05) is 20.1 Å². The van der Waals surface area contributed by atoms with Gasteiger partial charge in [-0.25, -0.2) is 0 Å². The van der Waals surface area contributed by atoms with E-state index in [9.17, 15) is 9.59 Å². The van der Waals surface area contributed by atoms with Gasteiger partial charge in [0.15, 0.2) is 0 Å². The Morgan fingerprint density at radius 3 is 2.58 bits per heavy atom. The summed E-state index contributed by atoms with van der Waals surface area (Å²) < 4.78 is 0. The second-order valence-electron chi connectivity index (χ2n) is 8.69. The Hall–Kier alpha value is -3.51. The number of piperazine rings is 1. The predicted molar refractivity (Wildman–Crippen MR) is 128 cm³/mol. The van der Waals surface area contributed by atoms with Gasteiger partial charge in [0.25, 0.3) is 0 Å². The SMILES string of the molecule is Cc1cccc(CC(=O)NC[C@@H]2CN(C)C(=O)[C@H](c3ccccc3)N2Cc2cccnc2)c1. The van der Waals surface area contributed by atoms with Gasteiger partial charge in [0, 0.05) is 45.1 Å². The highest BCUT2D eigenvalue weighted by Crippen LogP contribution is 2.31. The molecule has 6 heteroatoms. The minimum Gasteiger partial charge on any atom is -0.354 e. The second-order valence-corrected chi connectivity index (χ2v) is 8.69. The molecule has 1 aromatic heterocycles. The zero-order valence-corrected chi connectivity index (χ0v) is 19.1. The van der Waals surface area contributed by atoms with E-state index in [4.69, 9.17) is 0 Å². The number of hydrogen-bond donors (Lipinski definition) is 1. The Morgan fingerprint density at radius 1 is 1.06 bits per heavy atom. The van der Waals surface area contributed by atoms with Gasteiger partial charge in [-0.3, -0.25) is 19.5 Å². The van der Waals surface area contributed by atoms with Gasteiger partial charge in [0.05, 0.1) is 6.42 Å². The summed E-state index contributed by atoms with van der Waals surface area (Å²) in [6, 6.07) is 21.3. The maximum atomic E-state index is 13.3. The number of nitrogens with zero attached hydrogens (tertiary/aromatic N) is 3. The first-order valence-electron chi connectivity index (χ1n) is 11.3. The maximum Gasteiger partial charge on any atom is 0.244 e. The highest BCUT2D eigenvalue weighted by atomic mass is 16.2. The van der Waals surface area contributed by atoms with E-state index in [-0.39, 0.29) is 17.9 Å². The number of nitrogens with one attached hydrogen (secondary N) is 1. The molecule has 0 unspecified atom stereocenters. The van der Waals surface area contributed by atoms with Crippen molar-refractivity contribution in [3.05, 3.63) is 101 Å². The summed E-state index contributed by atoms with van der Waals surface area (Å²) in [5, 5.41) is 3.11. The van der Waals surface area contributed by atoms with E-state index in [1.807, 2.05) is 86.9 Å². The van der Waals surface area contributed by atoms with E-state index in [1.54, 1.807) is 11.1 Å². The highest BCUT2D eigenvalue weighted by molar-refractivity contribution is 5.84. The lowest BCUT2D eigenvalue weighted by molar-refractivity contribution is -0.144. The van der Waals surface area contributed by atoms with E-state index in [1.165, 1.54) is 0 Å². The van der Waals surface area contributed by atoms with E-state index in [0.717, 1.165) is 22.3 Å². The van der Waals surface area contributed by atoms with Crippen LogP contribution in [0.3, 0.4) is 0 Å². The molecule has 170 valence electrons. The normalized spacial score (nSPS) is 18.8. The van der Waals surface area contributed by atoms with Crippen LogP contribution in [0.2, 0.25) is 0 Å². The standard InChI is InChI=1S/C27H30N4O2/c1-20-8-6-9-21(14-20)15-25(32)29-17-24-19-30(2)27(33)26(23-11-4-3-5-12-23)31(24)18-22-10-7-13-28-16-22/h3-14,16,24,26H,15,17-19H2,1-2H3,(H,29,32)/t24-,26+/m1/s1. The molecule has 0 spiro atoms. The van der Waals surface area contributed by atoms with Crippen molar-refractivity contribution in [1.29, 1.82) is 0 Å². The van der Waals surface area contributed by atoms with Crippen LogP contribution in [-0.4, -0.2) is 52.8 Å². The number of aromatic nitrogens is 1. The van der Waals surface area contributed by atoms with Gasteiger partial charge in [0.1, 0.15) is 6.04 Å². The molecule has 0 bridgehead atoms. The zero-order valence-electron chi connectivity index (χ0n) is 19.1. The largest absolute Gasteiger partial charge is 0.354 e. The van der Waals surface area contributed by atoms with Crippen molar-refractivity contribution < 1.29 is 9.59 Å². The average molecular weight is 443 g/mol. The van der Waals surface area contributed by atoms with Gasteiger partial charge in [-0.15, -0.1) is 0 Å². The number of pyridine rings is 1. The fourth-order valence-corrected chi connectivity index (χ4v) is 4.45. The Labute approximate surface area is 195 Å². The fraction of sp³-hybridized carbons (Fsp3) is 0.296. The third kappa shape index (κ3) is 5.65. The molecule has 3 aromatic rings. The molecule has 1 saturated heterocycles. The van der Waals surface area contributed by atoms with Crippen LogP contribution in [0.1, 0.15) is 28.3 Å². The average Bonchev–Trinajstić information content (AvgIpc) is 2.82. The summed E-state index contributed by atoms with van der Waals surface area (Å²) in [7, 11) is 1.83. The lowest BCUT2D eigenvalue weighted by Gasteiger charge is -2.45. The van der Waals surface area contributed by atoms with Gasteiger partial charge in [-0.1, -0.05) is 66.2 Å². The van der Waals surface area contributed by atoms with Crippen LogP contribution < -0.4 is 5.32 Å². The molecule has 2 atom stereocenters. The van der Waals surface area contributed by atoms with Crippen LogP contribution >= 0.6 is 0 Å². The number of carbonyl (C=O) groups is 2. The Bertz CT molecular complexity index is 1090. The number of rotatable bonds is 7. The molecule has 4 rings (SSSR count). The van der Waals surface area contributed by atoms with E-state index in [2.05, 4.69) is 15.2 Å². The summed E-state index contributed by atoms with van der Waals surface area (Å²) in [6.07, 6.45) is 3.92. The molecule has 1 aliphatic rings. The summed E-state index contributed by atoms with van der Waals surface area (Å²) in [6.45, 7) is 3.61. The molecule has 2 amide bonds. The minimum atomic E-state index is -0.413. The number of aryl methyl sites for hydroxylation is 1. The van der Waals surface area contributed by atoms with Gasteiger partial charge in [0.2, 0.25) is 11.8 Å². The first-order chi connectivity index (χ1) is 16.0. The zero-order chi connectivity index (χ0) is 23.2. The van der Waals surface area contributed by atoms with Crippen LogP contribution in [0, 0.1) is 6.92 Å². The number of likely N-dealkylation sites (N-methyl/N-ethyl adjacent to an activating group) is 1. The summed E-state index contributed by atoms with van der Waals surface area (Å²) in [5.74, 6) is 0.0465. The monoisotopic (exact) mass is 442 g/mol. The maximum absolute atomic E-state index is 13.3. The first kappa shape index (κ1) is 22.7. The van der Waals surface area contributed by atoms with Crippen molar-refractivity contribution >= 4 is 11.8 Å². The summed E-state index contributed by atoms with van der Waals surface area (Å²) >= 11 is 0. The van der Waals surface area contributed by atoms with Crippen LogP contribution in [0.15, 0.2) is 79.1 Å². The molecule has 2 aromatic carbocycles. The lowest BCUT2D eigenvalue weighted by Crippen LogP contribution is -2.59. The molecule has 33 heavy (non-hydrogen) atoms. The summed E-state index contributed by atoms with van der Waals surface area (Å²) in [4.78, 5) is 34.2. The third-order valence-corrected chi connectivity index (χ3v) is 6.08. The van der Waals surface area contributed by atoms with Gasteiger partial charge < -0.3 is 10.2 Å². The Kier molecular flexibility index (Phi) is 7.15. The van der Waals surface area contributed by atoms with Crippen LogP contribution in [0.5, 0.6) is 0 Å². The molecule has 2 heterocycles. The Morgan fingerprint density at radius 2 is 1.85 bits per heavy atom. The number of hydrogen-bond acceptors (Lipinski definition) is 4. The number of amides is 2. The number of carbonyl (C=O) groups excluding carboxylic acids is 2. The van der Waals surface area contributed by atoms with Crippen molar-refractivity contribution in [2.45, 2.75) is 32.0 Å². The molecule has 0 radical (unpaired) electrons. The van der Waals surface area contributed by atoms with Crippen LogP contribution in [-0.2, 0) is 22.6 Å². The lowest BCUT2D eigenvalue weighted by atomic mass is 9.97. The van der Waals surface area contributed by atoms with E-state index < -0.39 is 6.04 Å². The minimum absolute atomic E-state index is 0.0160. The molecule has 6 nitrogen and oxygen atoms in total. The van der Waals surface area contributed by atoms with Gasteiger partial charge in [-0.05, 0) is 29.7 Å². The molecule has 0 aliphatic carbocycles. The summed E-state index contributed by atoms with van der Waals surface area (Å²) in [5.41, 5.74) is 4.12.